The lowest BCUT2D eigenvalue weighted by molar-refractivity contribution is 0.373. The first kappa shape index (κ1) is 16.8. The third-order valence-electron chi connectivity index (χ3n) is 4.10. The molecule has 3 rings (SSSR count). The van der Waals surface area contributed by atoms with Gasteiger partial charge in [0.1, 0.15) is 0 Å². The van der Waals surface area contributed by atoms with E-state index in [0.717, 1.165) is 58.2 Å². The number of aryl methyl sites for hydroxylation is 1. The number of hydrogen-bond acceptors (Lipinski definition) is 4. The van der Waals surface area contributed by atoms with Crippen LogP contribution in [0.5, 0.6) is 0 Å². The van der Waals surface area contributed by atoms with Crippen LogP contribution in [0.25, 0.3) is 0 Å². The summed E-state index contributed by atoms with van der Waals surface area (Å²) in [5.41, 5.74) is 0. The van der Waals surface area contributed by atoms with E-state index in [1.807, 2.05) is 34.5 Å². The molecule has 2 aromatic heterocycles. The van der Waals surface area contributed by atoms with E-state index in [1.54, 1.807) is 0 Å². The van der Waals surface area contributed by atoms with Crippen LogP contribution in [0.15, 0.2) is 41.0 Å². The maximum Gasteiger partial charge on any atom is 0.194 e. The highest BCUT2D eigenvalue weighted by molar-refractivity contribution is 7.14. The summed E-state index contributed by atoms with van der Waals surface area (Å²) in [6.45, 7) is 8.92. The van der Waals surface area contributed by atoms with Gasteiger partial charge in [-0.15, -0.1) is 11.3 Å². The van der Waals surface area contributed by atoms with Gasteiger partial charge in [0.25, 0.3) is 0 Å². The van der Waals surface area contributed by atoms with Crippen LogP contribution in [-0.2, 0) is 6.54 Å². The number of rotatable bonds is 6. The summed E-state index contributed by atoms with van der Waals surface area (Å²) in [4.78, 5) is 9.64. The summed E-state index contributed by atoms with van der Waals surface area (Å²) >= 11 is 1.82. The summed E-state index contributed by atoms with van der Waals surface area (Å²) in [5, 5.41) is 11.2. The van der Waals surface area contributed by atoms with Crippen molar-refractivity contribution in [1.82, 2.24) is 20.0 Å². The molecule has 0 saturated carbocycles. The molecule has 0 aliphatic carbocycles. The standard InChI is InChI=1S/C17H26N6S/c1-2-18-17(19-7-4-9-23-10-5-8-20-23)22-13-11-21(12-14-22)16-6-3-15-24-16/h3,5-6,8,10,15H,2,4,7,9,11-14H2,1H3,(H,18,19). The highest BCUT2D eigenvalue weighted by Crippen LogP contribution is 2.22. The van der Waals surface area contributed by atoms with Crippen LogP contribution in [0.1, 0.15) is 13.3 Å². The zero-order valence-corrected chi connectivity index (χ0v) is 15.1. The average molecular weight is 347 g/mol. The lowest BCUT2D eigenvalue weighted by atomic mass is 10.3. The second-order valence-corrected chi connectivity index (χ2v) is 6.71. The van der Waals surface area contributed by atoms with Crippen LogP contribution in [0.2, 0.25) is 0 Å². The summed E-state index contributed by atoms with van der Waals surface area (Å²) in [7, 11) is 0. The molecule has 1 fully saturated rings. The van der Waals surface area contributed by atoms with E-state index in [0.29, 0.717) is 0 Å². The fourth-order valence-corrected chi connectivity index (χ4v) is 3.65. The van der Waals surface area contributed by atoms with Crippen molar-refractivity contribution in [3.63, 3.8) is 0 Å². The number of nitrogens with one attached hydrogen (secondary N) is 1. The first-order chi connectivity index (χ1) is 11.9. The molecule has 24 heavy (non-hydrogen) atoms. The van der Waals surface area contributed by atoms with Crippen LogP contribution in [0.4, 0.5) is 5.00 Å². The maximum absolute atomic E-state index is 4.80. The largest absolute Gasteiger partial charge is 0.360 e. The van der Waals surface area contributed by atoms with E-state index in [4.69, 9.17) is 4.99 Å². The Morgan fingerprint density at radius 1 is 1.29 bits per heavy atom. The lowest BCUT2D eigenvalue weighted by Crippen LogP contribution is -2.52. The molecule has 2 aromatic rings. The van der Waals surface area contributed by atoms with Crippen LogP contribution in [0.3, 0.4) is 0 Å². The maximum atomic E-state index is 4.80. The predicted octanol–water partition coefficient (Wildman–Crippen LogP) is 2.12. The van der Waals surface area contributed by atoms with Crippen LogP contribution >= 0.6 is 11.3 Å². The van der Waals surface area contributed by atoms with Crippen molar-refractivity contribution in [3.8, 4) is 0 Å². The molecular weight excluding hydrogens is 320 g/mol. The van der Waals surface area contributed by atoms with E-state index in [2.05, 4.69) is 44.7 Å². The van der Waals surface area contributed by atoms with Gasteiger partial charge in [-0.05, 0) is 36.9 Å². The van der Waals surface area contributed by atoms with Crippen LogP contribution in [-0.4, -0.2) is 59.9 Å². The molecule has 1 aliphatic rings. The summed E-state index contributed by atoms with van der Waals surface area (Å²) in [5.74, 6) is 1.05. The summed E-state index contributed by atoms with van der Waals surface area (Å²) < 4.78 is 1.96. The van der Waals surface area contributed by atoms with E-state index in [9.17, 15) is 0 Å². The molecule has 1 saturated heterocycles. The smallest absolute Gasteiger partial charge is 0.194 e. The fourth-order valence-electron chi connectivity index (χ4n) is 2.86. The zero-order valence-electron chi connectivity index (χ0n) is 14.3. The zero-order chi connectivity index (χ0) is 16.6. The van der Waals surface area contributed by atoms with Gasteiger partial charge in [0.2, 0.25) is 0 Å². The van der Waals surface area contributed by atoms with Gasteiger partial charge in [-0.2, -0.15) is 5.10 Å². The van der Waals surface area contributed by atoms with Crippen LogP contribution in [0, 0.1) is 0 Å². The Morgan fingerprint density at radius 2 is 2.17 bits per heavy atom. The van der Waals surface area contributed by atoms with Gasteiger partial charge in [-0.1, -0.05) is 0 Å². The van der Waals surface area contributed by atoms with Crippen molar-refractivity contribution in [3.05, 3.63) is 36.0 Å². The van der Waals surface area contributed by atoms with Crippen molar-refractivity contribution < 1.29 is 0 Å². The second kappa shape index (κ2) is 8.73. The van der Waals surface area contributed by atoms with Gasteiger partial charge in [-0.25, -0.2) is 0 Å². The molecule has 1 N–H and O–H groups in total. The fraction of sp³-hybridized carbons (Fsp3) is 0.529. The Morgan fingerprint density at radius 3 is 2.83 bits per heavy atom. The Hall–Kier alpha value is -2.02. The molecule has 0 spiro atoms. The third kappa shape index (κ3) is 4.50. The molecule has 7 heteroatoms. The number of aromatic nitrogens is 2. The van der Waals surface area contributed by atoms with E-state index >= 15 is 0 Å². The lowest BCUT2D eigenvalue weighted by Gasteiger charge is -2.37. The topological polar surface area (TPSA) is 48.7 Å². The Bertz CT molecular complexity index is 599. The number of anilines is 1. The molecular formula is C17H26N6S. The van der Waals surface area contributed by atoms with Crippen molar-refractivity contribution >= 4 is 22.3 Å². The Kier molecular flexibility index (Phi) is 6.12. The predicted molar refractivity (Wildman–Crippen MR) is 101 cm³/mol. The number of nitrogens with zero attached hydrogens (tertiary/aromatic N) is 5. The minimum absolute atomic E-state index is 0.827. The highest BCUT2D eigenvalue weighted by Gasteiger charge is 2.20. The Balaban J connectivity index is 1.48. The van der Waals surface area contributed by atoms with E-state index < -0.39 is 0 Å². The number of hydrogen-bond donors (Lipinski definition) is 1. The number of piperazine rings is 1. The molecule has 0 atom stereocenters. The minimum Gasteiger partial charge on any atom is -0.360 e. The molecule has 6 nitrogen and oxygen atoms in total. The van der Waals surface area contributed by atoms with Crippen molar-refractivity contribution in [2.24, 2.45) is 4.99 Å². The van der Waals surface area contributed by atoms with Crippen molar-refractivity contribution in [1.29, 1.82) is 0 Å². The van der Waals surface area contributed by atoms with Crippen molar-refractivity contribution in [2.75, 3.05) is 44.2 Å². The number of thiophene rings is 1. The highest BCUT2D eigenvalue weighted by atomic mass is 32.1. The molecule has 3 heterocycles. The number of guanidine groups is 1. The molecule has 1 aliphatic heterocycles. The van der Waals surface area contributed by atoms with Gasteiger partial charge in [0.05, 0.1) is 5.00 Å². The quantitative estimate of drug-likeness (QED) is 0.494. The molecule has 0 bridgehead atoms. The molecule has 0 unspecified atom stereocenters. The van der Waals surface area contributed by atoms with Crippen molar-refractivity contribution in [2.45, 2.75) is 19.9 Å². The molecule has 0 radical (unpaired) electrons. The molecule has 0 amide bonds. The monoisotopic (exact) mass is 346 g/mol. The average Bonchev–Trinajstić information content (AvgIpc) is 3.31. The van der Waals surface area contributed by atoms with Gasteiger partial charge in [0, 0.05) is 58.2 Å². The SMILES string of the molecule is CCNC(=NCCCn1cccn1)N1CCN(c2cccs2)CC1. The summed E-state index contributed by atoms with van der Waals surface area (Å²) in [6.07, 6.45) is 4.82. The second-order valence-electron chi connectivity index (χ2n) is 5.78. The minimum atomic E-state index is 0.827. The first-order valence-electron chi connectivity index (χ1n) is 8.66. The van der Waals surface area contributed by atoms with Gasteiger partial charge in [-0.3, -0.25) is 9.67 Å². The third-order valence-corrected chi connectivity index (χ3v) is 5.03. The normalized spacial score (nSPS) is 15.8. The molecule has 130 valence electrons. The van der Waals surface area contributed by atoms with E-state index in [-0.39, 0.29) is 0 Å². The van der Waals surface area contributed by atoms with Gasteiger partial charge < -0.3 is 15.1 Å². The van der Waals surface area contributed by atoms with Crippen LogP contribution < -0.4 is 10.2 Å². The van der Waals surface area contributed by atoms with Gasteiger partial charge in [0.15, 0.2) is 5.96 Å². The number of aliphatic imine (C=N–C) groups is 1. The first-order valence-corrected chi connectivity index (χ1v) is 9.54. The van der Waals surface area contributed by atoms with Gasteiger partial charge >= 0.3 is 0 Å². The molecule has 0 aromatic carbocycles. The van der Waals surface area contributed by atoms with E-state index in [1.165, 1.54) is 5.00 Å². The Labute approximate surface area is 147 Å². The summed E-state index contributed by atoms with van der Waals surface area (Å²) in [6, 6.07) is 6.28.